The zero-order chi connectivity index (χ0) is 20.8. The summed E-state index contributed by atoms with van der Waals surface area (Å²) in [6.07, 6.45) is 7.92. The molecule has 7 heteroatoms. The molecular weight excluding hydrogens is 501 g/mol. The van der Waals surface area contributed by atoms with Crippen molar-refractivity contribution in [3.8, 4) is 0 Å². The number of benzene rings is 1. The van der Waals surface area contributed by atoms with Crippen LogP contribution in [0, 0.1) is 6.92 Å². The van der Waals surface area contributed by atoms with Crippen LogP contribution in [0.4, 0.5) is 0 Å². The minimum Gasteiger partial charge on any atom is -0.381 e. The maximum absolute atomic E-state index is 5.68. The Bertz CT molecular complexity index is 853. The molecule has 2 saturated heterocycles. The van der Waals surface area contributed by atoms with Gasteiger partial charge in [0.15, 0.2) is 5.96 Å². The molecule has 172 valence electrons. The van der Waals surface area contributed by atoms with E-state index in [9.17, 15) is 0 Å². The van der Waals surface area contributed by atoms with Gasteiger partial charge in [-0.1, -0.05) is 12.1 Å². The quantitative estimate of drug-likeness (QED) is 0.284. The van der Waals surface area contributed by atoms with Crippen molar-refractivity contribution in [1.29, 1.82) is 0 Å². The van der Waals surface area contributed by atoms with E-state index in [1.807, 2.05) is 0 Å². The molecule has 0 spiro atoms. The number of ether oxygens (including phenoxy) is 1. The van der Waals surface area contributed by atoms with Crippen LogP contribution in [-0.2, 0) is 11.2 Å². The van der Waals surface area contributed by atoms with Crippen molar-refractivity contribution < 1.29 is 4.74 Å². The highest BCUT2D eigenvalue weighted by Crippen LogP contribution is 2.31. The number of hydrogen-bond acceptors (Lipinski definition) is 3. The summed E-state index contributed by atoms with van der Waals surface area (Å²) in [5.41, 5.74) is 4.09. The van der Waals surface area contributed by atoms with Crippen molar-refractivity contribution in [2.24, 2.45) is 4.99 Å². The molecule has 0 amide bonds. The van der Waals surface area contributed by atoms with Crippen molar-refractivity contribution in [3.05, 3.63) is 35.5 Å². The lowest BCUT2D eigenvalue weighted by molar-refractivity contribution is -0.0139. The Balaban J connectivity index is 0.00000272. The Morgan fingerprint density at radius 3 is 2.71 bits per heavy atom. The van der Waals surface area contributed by atoms with Crippen LogP contribution >= 0.6 is 24.0 Å². The molecule has 4 rings (SSSR count). The second-order valence-electron chi connectivity index (χ2n) is 8.71. The number of nitrogens with one attached hydrogen (secondary N) is 3. The molecule has 0 bridgehead atoms. The average molecular weight is 540 g/mol. The second-order valence-corrected chi connectivity index (χ2v) is 8.71. The highest BCUT2D eigenvalue weighted by Gasteiger charge is 2.39. The van der Waals surface area contributed by atoms with Gasteiger partial charge in [0, 0.05) is 48.9 Å². The van der Waals surface area contributed by atoms with Crippen molar-refractivity contribution >= 4 is 40.8 Å². The Labute approximate surface area is 203 Å². The number of aromatic amines is 1. The number of hydrogen-bond donors (Lipinski definition) is 3. The molecule has 0 radical (unpaired) electrons. The van der Waals surface area contributed by atoms with E-state index in [0.29, 0.717) is 0 Å². The monoisotopic (exact) mass is 539 g/mol. The van der Waals surface area contributed by atoms with Crippen LogP contribution in [0.15, 0.2) is 29.4 Å². The van der Waals surface area contributed by atoms with Crippen molar-refractivity contribution in [3.63, 3.8) is 0 Å². The van der Waals surface area contributed by atoms with Crippen LogP contribution < -0.4 is 10.6 Å². The highest BCUT2D eigenvalue weighted by atomic mass is 127. The zero-order valence-corrected chi connectivity index (χ0v) is 21.3. The topological polar surface area (TPSA) is 64.7 Å². The van der Waals surface area contributed by atoms with Gasteiger partial charge in [0.05, 0.1) is 6.54 Å². The van der Waals surface area contributed by atoms with Gasteiger partial charge in [-0.05, 0) is 76.2 Å². The van der Waals surface area contributed by atoms with Crippen LogP contribution in [0.3, 0.4) is 0 Å². The number of H-pyrrole nitrogens is 1. The number of nitrogens with zero attached hydrogens (tertiary/aromatic N) is 2. The molecule has 2 aromatic rings. The van der Waals surface area contributed by atoms with Crippen LogP contribution in [-0.4, -0.2) is 67.3 Å². The van der Waals surface area contributed by atoms with E-state index < -0.39 is 0 Å². The van der Waals surface area contributed by atoms with Gasteiger partial charge >= 0.3 is 0 Å². The Kier molecular flexibility index (Phi) is 9.04. The van der Waals surface area contributed by atoms with Gasteiger partial charge in [-0.2, -0.15) is 0 Å². The van der Waals surface area contributed by atoms with Gasteiger partial charge in [0.2, 0.25) is 0 Å². The van der Waals surface area contributed by atoms with Gasteiger partial charge < -0.3 is 20.4 Å². The van der Waals surface area contributed by atoms with Gasteiger partial charge in [0.25, 0.3) is 0 Å². The van der Waals surface area contributed by atoms with Crippen molar-refractivity contribution in [2.45, 2.75) is 51.5 Å². The first-order valence-electron chi connectivity index (χ1n) is 11.6. The lowest BCUT2D eigenvalue weighted by Crippen LogP contribution is -2.54. The summed E-state index contributed by atoms with van der Waals surface area (Å²) in [5, 5.41) is 8.36. The zero-order valence-electron chi connectivity index (χ0n) is 19.0. The third kappa shape index (κ3) is 5.73. The number of aryl methyl sites for hydroxylation is 1. The van der Waals surface area contributed by atoms with E-state index in [4.69, 9.17) is 9.73 Å². The second kappa shape index (κ2) is 11.5. The van der Waals surface area contributed by atoms with E-state index >= 15 is 0 Å². The lowest BCUT2D eigenvalue weighted by atomic mass is 9.88. The highest BCUT2D eigenvalue weighted by molar-refractivity contribution is 14.0. The summed E-state index contributed by atoms with van der Waals surface area (Å²) in [4.78, 5) is 11.1. The van der Waals surface area contributed by atoms with Crippen LogP contribution in [0.2, 0.25) is 0 Å². The van der Waals surface area contributed by atoms with Gasteiger partial charge in [-0.25, -0.2) is 0 Å². The SMILES string of the molecule is CCNC(=NCC1(N2CCCC2)CCOCC1)NCCc1c[nH]c2cccc(C)c12.I. The molecule has 31 heavy (non-hydrogen) atoms. The van der Waals surface area contributed by atoms with E-state index in [-0.39, 0.29) is 29.5 Å². The number of guanidine groups is 1. The maximum Gasteiger partial charge on any atom is 0.191 e. The predicted molar refractivity (Wildman–Crippen MR) is 140 cm³/mol. The fourth-order valence-corrected chi connectivity index (χ4v) is 5.05. The molecule has 3 heterocycles. The van der Waals surface area contributed by atoms with Crippen molar-refractivity contribution in [1.82, 2.24) is 20.5 Å². The first-order chi connectivity index (χ1) is 14.7. The molecule has 1 aromatic heterocycles. The number of aliphatic imine (C=N–C) groups is 1. The molecule has 2 aliphatic rings. The summed E-state index contributed by atoms with van der Waals surface area (Å²) < 4.78 is 5.68. The van der Waals surface area contributed by atoms with Gasteiger partial charge in [-0.3, -0.25) is 9.89 Å². The summed E-state index contributed by atoms with van der Waals surface area (Å²) in [5.74, 6) is 0.930. The molecular formula is C24H38IN5O. The Morgan fingerprint density at radius 1 is 1.19 bits per heavy atom. The molecule has 0 atom stereocenters. The summed E-state index contributed by atoms with van der Waals surface area (Å²) in [6.45, 7) is 11.0. The summed E-state index contributed by atoms with van der Waals surface area (Å²) in [6, 6.07) is 6.44. The molecule has 6 nitrogen and oxygen atoms in total. The average Bonchev–Trinajstić information content (AvgIpc) is 3.44. The van der Waals surface area contributed by atoms with Gasteiger partial charge in [0.1, 0.15) is 0 Å². The van der Waals surface area contributed by atoms with Crippen LogP contribution in [0.5, 0.6) is 0 Å². The minimum atomic E-state index is 0. The molecule has 0 unspecified atom stereocenters. The largest absolute Gasteiger partial charge is 0.381 e. The van der Waals surface area contributed by atoms with Crippen LogP contribution in [0.25, 0.3) is 10.9 Å². The predicted octanol–water partition coefficient (Wildman–Crippen LogP) is 3.84. The molecule has 1 aromatic carbocycles. The summed E-state index contributed by atoms with van der Waals surface area (Å²) in [7, 11) is 0. The standard InChI is InChI=1S/C24H37N5O.HI/c1-3-25-23(26-12-9-20-17-27-21-8-6-7-19(2)22(20)21)28-18-24(10-15-30-16-11-24)29-13-4-5-14-29;/h6-8,17,27H,3-5,9-16,18H2,1-2H3,(H2,25,26,28);1H. The normalized spacial score (nSPS) is 19.4. The first-order valence-corrected chi connectivity index (χ1v) is 11.6. The number of fused-ring (bicyclic) bond motifs is 1. The first kappa shape index (κ1) is 24.3. The molecule has 2 fully saturated rings. The lowest BCUT2D eigenvalue weighted by Gasteiger charge is -2.43. The van der Waals surface area contributed by atoms with E-state index in [1.54, 1.807) is 0 Å². The van der Waals surface area contributed by atoms with Gasteiger partial charge in [-0.15, -0.1) is 24.0 Å². The van der Waals surface area contributed by atoms with E-state index in [1.165, 1.54) is 48.0 Å². The minimum absolute atomic E-state index is 0. The van der Waals surface area contributed by atoms with Crippen LogP contribution in [0.1, 0.15) is 43.7 Å². The third-order valence-corrected chi connectivity index (χ3v) is 6.76. The van der Waals surface area contributed by atoms with Crippen molar-refractivity contribution in [2.75, 3.05) is 45.9 Å². The Morgan fingerprint density at radius 2 is 1.97 bits per heavy atom. The molecule has 0 saturated carbocycles. The number of likely N-dealkylation sites (tertiary alicyclic amines) is 1. The fourth-order valence-electron chi connectivity index (χ4n) is 5.05. The smallest absolute Gasteiger partial charge is 0.191 e. The fraction of sp³-hybridized carbons (Fsp3) is 0.625. The molecule has 3 N–H and O–H groups in total. The third-order valence-electron chi connectivity index (χ3n) is 6.76. The number of aromatic nitrogens is 1. The molecule has 2 aliphatic heterocycles. The Hall–Kier alpha value is -1.32. The number of rotatable bonds is 7. The molecule has 0 aliphatic carbocycles. The summed E-state index contributed by atoms with van der Waals surface area (Å²) >= 11 is 0. The maximum atomic E-state index is 5.68. The van der Waals surface area contributed by atoms with E-state index in [2.05, 4.69) is 58.8 Å². The van der Waals surface area contributed by atoms with E-state index in [0.717, 1.165) is 58.1 Å². The number of halogens is 1.